The van der Waals surface area contributed by atoms with E-state index in [0.29, 0.717) is 15.4 Å². The van der Waals surface area contributed by atoms with E-state index in [9.17, 15) is 24.1 Å². The molecular formula is C22H27FN3O5PS. The van der Waals surface area contributed by atoms with E-state index < -0.39 is 24.6 Å². The second kappa shape index (κ2) is 8.62. The Bertz CT molecular complexity index is 1200. The van der Waals surface area contributed by atoms with Gasteiger partial charge in [-0.15, -0.1) is 0 Å². The van der Waals surface area contributed by atoms with E-state index in [1.807, 2.05) is 0 Å². The summed E-state index contributed by atoms with van der Waals surface area (Å²) in [6.07, 6.45) is 0.0167. The molecule has 0 radical (unpaired) electrons. The van der Waals surface area contributed by atoms with Crippen LogP contribution in [0.4, 0.5) is 15.2 Å². The van der Waals surface area contributed by atoms with E-state index in [0.717, 1.165) is 11.3 Å². The SMILES string of the molecule is CCP(C)(O)(O)Oc1cccc(Nc2sc(-c3ccc(C(C)(C)O)cc3F)cc2C(N)=O)n1. The van der Waals surface area contributed by atoms with Gasteiger partial charge in [-0.3, -0.25) is 0 Å². The van der Waals surface area contributed by atoms with Crippen LogP contribution in [0.5, 0.6) is 5.88 Å². The van der Waals surface area contributed by atoms with Crippen LogP contribution < -0.4 is 15.6 Å². The molecule has 0 saturated carbocycles. The average Bonchev–Trinajstić information content (AvgIpc) is 3.10. The van der Waals surface area contributed by atoms with Crippen LogP contribution in [-0.4, -0.2) is 38.6 Å². The van der Waals surface area contributed by atoms with Crippen molar-refractivity contribution in [2.24, 2.45) is 5.73 Å². The third-order valence-corrected chi connectivity index (χ3v) is 8.17. The molecule has 0 atom stereocenters. The second-order valence-electron chi connectivity index (χ2n) is 8.43. The van der Waals surface area contributed by atoms with E-state index in [1.54, 1.807) is 39.0 Å². The molecule has 33 heavy (non-hydrogen) atoms. The number of benzene rings is 1. The summed E-state index contributed by atoms with van der Waals surface area (Å²) in [4.78, 5) is 37.2. The zero-order valence-corrected chi connectivity index (χ0v) is 20.4. The molecule has 0 fully saturated rings. The van der Waals surface area contributed by atoms with Crippen LogP contribution in [0.1, 0.15) is 36.7 Å². The average molecular weight is 496 g/mol. The Balaban J connectivity index is 1.95. The van der Waals surface area contributed by atoms with E-state index in [4.69, 9.17) is 10.3 Å². The first-order valence-electron chi connectivity index (χ1n) is 10.1. The van der Waals surface area contributed by atoms with Crippen LogP contribution in [0.25, 0.3) is 10.4 Å². The van der Waals surface area contributed by atoms with Crippen molar-refractivity contribution in [3.05, 3.63) is 59.4 Å². The van der Waals surface area contributed by atoms with Gasteiger partial charge >= 0.3 is 170 Å². The first-order valence-corrected chi connectivity index (χ1v) is 13.6. The summed E-state index contributed by atoms with van der Waals surface area (Å²) in [7, 11) is -4.32. The van der Waals surface area contributed by atoms with Gasteiger partial charge in [-0.05, 0) is 13.8 Å². The Morgan fingerprint density at radius 1 is 1.27 bits per heavy atom. The molecule has 2 aromatic heterocycles. The van der Waals surface area contributed by atoms with Crippen LogP contribution in [0.2, 0.25) is 0 Å². The minimum absolute atomic E-state index is 0.00215. The van der Waals surface area contributed by atoms with Crippen LogP contribution in [0.15, 0.2) is 42.5 Å². The predicted molar refractivity (Wildman–Crippen MR) is 129 cm³/mol. The van der Waals surface area contributed by atoms with Crippen molar-refractivity contribution in [3.8, 4) is 16.3 Å². The quantitative estimate of drug-likeness (QED) is 0.293. The summed E-state index contributed by atoms with van der Waals surface area (Å²) in [6, 6.07) is 10.6. The molecular weight excluding hydrogens is 468 g/mol. The molecule has 11 heteroatoms. The number of anilines is 2. The van der Waals surface area contributed by atoms with Gasteiger partial charge in [0.1, 0.15) is 0 Å². The first kappa shape index (κ1) is 25.0. The molecule has 0 spiro atoms. The number of hydrogen-bond acceptors (Lipinski definition) is 8. The maximum atomic E-state index is 14.8. The third kappa shape index (κ3) is 6.04. The summed E-state index contributed by atoms with van der Waals surface area (Å²) in [5.41, 5.74) is 5.14. The summed E-state index contributed by atoms with van der Waals surface area (Å²) >= 11 is 1.10. The Kier molecular flexibility index (Phi) is 6.54. The zero-order valence-electron chi connectivity index (χ0n) is 18.7. The van der Waals surface area contributed by atoms with Crippen LogP contribution in [-0.2, 0) is 5.60 Å². The zero-order chi connectivity index (χ0) is 24.6. The second-order valence-corrected chi connectivity index (χ2v) is 13.4. The van der Waals surface area contributed by atoms with Gasteiger partial charge in [0.25, 0.3) is 0 Å². The number of pyridine rings is 1. The predicted octanol–water partition coefficient (Wildman–Crippen LogP) is 4.33. The molecule has 0 saturated heterocycles. The molecule has 178 valence electrons. The number of hydrogen-bond donors (Lipinski definition) is 5. The van der Waals surface area contributed by atoms with Crippen molar-refractivity contribution in [2.75, 3.05) is 18.1 Å². The normalized spacial score (nSPS) is 13.3. The van der Waals surface area contributed by atoms with Crippen molar-refractivity contribution in [2.45, 2.75) is 26.4 Å². The van der Waals surface area contributed by atoms with Gasteiger partial charge in [0, 0.05) is 0 Å². The number of carbonyl (C=O) groups excluding carboxylic acids is 1. The summed E-state index contributed by atoms with van der Waals surface area (Å²) in [5, 5.41) is 13.4. The molecule has 0 aliphatic heterocycles. The standard InChI is InChI=1S/C22H27FN3O5PS/c1-5-32(4,29,30)31-19-8-6-7-18(25-19)26-21-15(20(24)27)12-17(33-21)14-10-9-13(11-16(14)23)22(2,3)28/h6-12,28-30H,5H2,1-4H3,(H2,24,27)(H,25,26). The van der Waals surface area contributed by atoms with Crippen molar-refractivity contribution in [1.29, 1.82) is 0 Å². The molecule has 8 nitrogen and oxygen atoms in total. The Morgan fingerprint density at radius 3 is 2.55 bits per heavy atom. The van der Waals surface area contributed by atoms with Crippen molar-refractivity contribution < 1.29 is 28.6 Å². The first-order chi connectivity index (χ1) is 15.2. The van der Waals surface area contributed by atoms with Gasteiger partial charge in [-0.25, -0.2) is 0 Å². The molecule has 0 unspecified atom stereocenters. The van der Waals surface area contributed by atoms with Gasteiger partial charge < -0.3 is 5.11 Å². The van der Waals surface area contributed by atoms with Crippen LogP contribution in [0, 0.1) is 5.82 Å². The number of thiophene rings is 1. The maximum absolute atomic E-state index is 14.8. The monoisotopic (exact) mass is 495 g/mol. The molecule has 6 N–H and O–H groups in total. The fraction of sp³-hybridized carbons (Fsp3) is 0.273. The molecule has 1 aromatic carbocycles. The fourth-order valence-corrected chi connectivity index (χ4v) is 4.67. The van der Waals surface area contributed by atoms with Gasteiger partial charge in [0.2, 0.25) is 0 Å². The minimum atomic E-state index is -4.32. The molecule has 0 aliphatic rings. The summed E-state index contributed by atoms with van der Waals surface area (Å²) in [5.74, 6) is -0.996. The number of aromatic nitrogens is 1. The number of nitrogens with zero attached hydrogens (tertiary/aromatic N) is 1. The number of nitrogens with two attached hydrogens (primary N) is 1. The number of rotatable bonds is 8. The Hall–Kier alpha value is -2.62. The summed E-state index contributed by atoms with van der Waals surface area (Å²) in [6.45, 7) is 5.96. The fourth-order valence-electron chi connectivity index (χ4n) is 2.85. The van der Waals surface area contributed by atoms with E-state index in [-0.39, 0.29) is 29.0 Å². The van der Waals surface area contributed by atoms with Crippen molar-refractivity contribution in [1.82, 2.24) is 4.98 Å². The number of primary amides is 1. The molecule has 0 bridgehead atoms. The van der Waals surface area contributed by atoms with Crippen molar-refractivity contribution >= 4 is 35.3 Å². The van der Waals surface area contributed by atoms with E-state index in [2.05, 4.69) is 10.3 Å². The van der Waals surface area contributed by atoms with Gasteiger partial charge in [0.05, 0.1) is 5.60 Å². The molecule has 3 rings (SSSR count). The Labute approximate surface area is 195 Å². The number of amides is 1. The number of carbonyl (C=O) groups is 1. The van der Waals surface area contributed by atoms with E-state index >= 15 is 0 Å². The topological polar surface area (TPSA) is 138 Å². The Morgan fingerprint density at radius 2 is 1.97 bits per heavy atom. The van der Waals surface area contributed by atoms with Gasteiger partial charge in [-0.2, -0.15) is 0 Å². The molecule has 2 heterocycles. The molecule has 1 amide bonds. The molecule has 3 aromatic rings. The molecule has 0 aliphatic carbocycles. The third-order valence-electron chi connectivity index (χ3n) is 4.96. The van der Waals surface area contributed by atoms with Gasteiger partial charge in [0.15, 0.2) is 0 Å². The number of nitrogens with one attached hydrogen (secondary N) is 1. The summed E-state index contributed by atoms with van der Waals surface area (Å²) < 4.78 is 20.2. The number of halogens is 1. The van der Waals surface area contributed by atoms with E-state index in [1.165, 1.54) is 30.9 Å². The van der Waals surface area contributed by atoms with Crippen LogP contribution >= 0.6 is 18.6 Å². The van der Waals surface area contributed by atoms with Gasteiger partial charge in [-0.1, -0.05) is 0 Å². The number of aliphatic hydroxyl groups is 1. The van der Waals surface area contributed by atoms with Crippen LogP contribution in [0.3, 0.4) is 0 Å². The van der Waals surface area contributed by atoms with Crippen molar-refractivity contribution in [3.63, 3.8) is 0 Å².